The van der Waals surface area contributed by atoms with Gasteiger partial charge >= 0.3 is 0 Å². The smallest absolute Gasteiger partial charge is 0.255 e. The summed E-state index contributed by atoms with van der Waals surface area (Å²) in [4.78, 5) is 29.2. The number of amides is 1. The topological polar surface area (TPSA) is 76.0 Å². The first-order chi connectivity index (χ1) is 13.3. The van der Waals surface area contributed by atoms with Crippen LogP contribution in [0.4, 0.5) is 21.7 Å². The standard InChI is InChI=1S/C20H18ClFN4O2/c1-12-8-16(6-7-17(12)22)25-20-23-13(2)9-19(28)26(20)11-18(27)24-15-5-3-4-14(21)10-15/h3-10H,11H2,1-2H3,(H,23,25)(H,24,27). The third-order valence-electron chi connectivity index (χ3n) is 3.96. The van der Waals surface area contributed by atoms with Crippen LogP contribution >= 0.6 is 11.6 Å². The summed E-state index contributed by atoms with van der Waals surface area (Å²) < 4.78 is 14.7. The summed E-state index contributed by atoms with van der Waals surface area (Å²) in [5.74, 6) is -0.549. The summed E-state index contributed by atoms with van der Waals surface area (Å²) >= 11 is 5.92. The monoisotopic (exact) mass is 400 g/mol. The molecule has 0 aliphatic rings. The highest BCUT2D eigenvalue weighted by Gasteiger charge is 2.13. The van der Waals surface area contributed by atoms with Crippen LogP contribution in [0.25, 0.3) is 0 Å². The van der Waals surface area contributed by atoms with Crippen molar-refractivity contribution in [1.82, 2.24) is 9.55 Å². The third kappa shape index (κ3) is 4.75. The molecule has 6 nitrogen and oxygen atoms in total. The average molecular weight is 401 g/mol. The number of halogens is 2. The first-order valence-electron chi connectivity index (χ1n) is 8.49. The number of benzene rings is 2. The fourth-order valence-corrected chi connectivity index (χ4v) is 2.82. The summed E-state index contributed by atoms with van der Waals surface area (Å²) in [6.07, 6.45) is 0. The van der Waals surface area contributed by atoms with Gasteiger partial charge in [-0.1, -0.05) is 17.7 Å². The first-order valence-corrected chi connectivity index (χ1v) is 8.87. The molecule has 0 fully saturated rings. The van der Waals surface area contributed by atoms with Gasteiger partial charge in [-0.3, -0.25) is 14.2 Å². The molecule has 1 heterocycles. The van der Waals surface area contributed by atoms with Crippen molar-refractivity contribution in [3.05, 3.63) is 81.0 Å². The Bertz CT molecular complexity index is 1100. The molecular formula is C20H18ClFN4O2. The van der Waals surface area contributed by atoms with Gasteiger partial charge in [-0.2, -0.15) is 0 Å². The Balaban J connectivity index is 1.86. The van der Waals surface area contributed by atoms with Crippen LogP contribution in [0.1, 0.15) is 11.3 Å². The van der Waals surface area contributed by atoms with E-state index in [0.29, 0.717) is 27.7 Å². The molecule has 0 spiro atoms. The summed E-state index contributed by atoms with van der Waals surface area (Å²) in [6, 6.07) is 12.5. The zero-order valence-electron chi connectivity index (χ0n) is 15.3. The van der Waals surface area contributed by atoms with Gasteiger partial charge in [0.05, 0.1) is 0 Å². The van der Waals surface area contributed by atoms with Crippen LogP contribution in [-0.2, 0) is 11.3 Å². The molecule has 8 heteroatoms. The highest BCUT2D eigenvalue weighted by atomic mass is 35.5. The van der Waals surface area contributed by atoms with Crippen molar-refractivity contribution in [2.24, 2.45) is 0 Å². The van der Waals surface area contributed by atoms with Gasteiger partial charge in [0, 0.05) is 28.2 Å². The molecule has 3 rings (SSSR count). The highest BCUT2D eigenvalue weighted by molar-refractivity contribution is 6.30. The number of aryl methyl sites for hydroxylation is 2. The molecule has 0 aliphatic heterocycles. The fraction of sp³-hybridized carbons (Fsp3) is 0.150. The zero-order valence-corrected chi connectivity index (χ0v) is 16.0. The minimum atomic E-state index is -0.409. The number of nitrogens with zero attached hydrogens (tertiary/aromatic N) is 2. The van der Waals surface area contributed by atoms with Crippen molar-refractivity contribution < 1.29 is 9.18 Å². The Kier molecular flexibility index (Phi) is 5.75. The number of rotatable bonds is 5. The normalized spacial score (nSPS) is 10.6. The van der Waals surface area contributed by atoms with Gasteiger partial charge in [-0.15, -0.1) is 0 Å². The predicted octanol–water partition coefficient (Wildman–Crippen LogP) is 4.03. The molecule has 0 atom stereocenters. The van der Waals surface area contributed by atoms with Crippen molar-refractivity contribution in [1.29, 1.82) is 0 Å². The van der Waals surface area contributed by atoms with Crippen molar-refractivity contribution in [2.45, 2.75) is 20.4 Å². The molecule has 144 valence electrons. The van der Waals surface area contributed by atoms with E-state index in [2.05, 4.69) is 15.6 Å². The lowest BCUT2D eigenvalue weighted by Crippen LogP contribution is -2.30. The summed E-state index contributed by atoms with van der Waals surface area (Å²) in [5.41, 5.74) is 1.65. The third-order valence-corrected chi connectivity index (χ3v) is 4.20. The number of nitrogens with one attached hydrogen (secondary N) is 2. The maximum Gasteiger partial charge on any atom is 0.255 e. The number of hydrogen-bond donors (Lipinski definition) is 2. The predicted molar refractivity (Wildman–Crippen MR) is 108 cm³/mol. The Morgan fingerprint density at radius 2 is 1.93 bits per heavy atom. The van der Waals surface area contributed by atoms with Gasteiger partial charge in [-0.25, -0.2) is 9.37 Å². The second-order valence-electron chi connectivity index (χ2n) is 6.29. The molecule has 0 radical (unpaired) electrons. The Labute approximate surface area is 166 Å². The molecule has 0 saturated heterocycles. The van der Waals surface area contributed by atoms with Gasteiger partial charge in [0.25, 0.3) is 5.56 Å². The van der Waals surface area contributed by atoms with Crippen LogP contribution in [0, 0.1) is 19.7 Å². The fourth-order valence-electron chi connectivity index (χ4n) is 2.63. The van der Waals surface area contributed by atoms with E-state index in [4.69, 9.17) is 11.6 Å². The van der Waals surface area contributed by atoms with Gasteiger partial charge in [0.1, 0.15) is 12.4 Å². The summed E-state index contributed by atoms with van der Waals surface area (Å²) in [5, 5.41) is 6.16. The minimum absolute atomic E-state index is 0.192. The van der Waals surface area contributed by atoms with Gasteiger partial charge in [0.2, 0.25) is 11.9 Å². The SMILES string of the molecule is Cc1cc(=O)n(CC(=O)Nc2cccc(Cl)c2)c(Nc2ccc(F)c(C)c2)n1. The van der Waals surface area contributed by atoms with Crippen LogP contribution in [0.2, 0.25) is 5.02 Å². The van der Waals surface area contributed by atoms with E-state index in [1.807, 2.05) is 0 Å². The largest absolute Gasteiger partial charge is 0.326 e. The quantitative estimate of drug-likeness (QED) is 0.677. The summed E-state index contributed by atoms with van der Waals surface area (Å²) in [6.45, 7) is 3.07. The van der Waals surface area contributed by atoms with E-state index in [1.165, 1.54) is 22.8 Å². The zero-order chi connectivity index (χ0) is 20.3. The molecule has 0 unspecified atom stereocenters. The molecule has 2 aromatic carbocycles. The molecule has 3 aromatic rings. The molecular weight excluding hydrogens is 383 g/mol. The molecule has 1 aromatic heterocycles. The Hall–Kier alpha value is -3.19. The van der Waals surface area contributed by atoms with Crippen molar-refractivity contribution >= 4 is 34.8 Å². The van der Waals surface area contributed by atoms with E-state index in [0.717, 1.165) is 0 Å². The van der Waals surface area contributed by atoms with Gasteiger partial charge in [-0.05, 0) is 55.8 Å². The lowest BCUT2D eigenvalue weighted by atomic mass is 10.2. The number of carbonyl (C=O) groups is 1. The second-order valence-corrected chi connectivity index (χ2v) is 6.73. The van der Waals surface area contributed by atoms with E-state index >= 15 is 0 Å². The number of carbonyl (C=O) groups excluding carboxylic acids is 1. The lowest BCUT2D eigenvalue weighted by molar-refractivity contribution is -0.116. The van der Waals surface area contributed by atoms with Crippen LogP contribution < -0.4 is 16.2 Å². The number of hydrogen-bond acceptors (Lipinski definition) is 4. The van der Waals surface area contributed by atoms with E-state index in [-0.39, 0.29) is 23.9 Å². The second kappa shape index (κ2) is 8.22. The van der Waals surface area contributed by atoms with Gasteiger partial charge in [0.15, 0.2) is 0 Å². The van der Waals surface area contributed by atoms with E-state index in [1.54, 1.807) is 44.2 Å². The first kappa shape index (κ1) is 19.6. The maximum atomic E-state index is 13.5. The molecule has 2 N–H and O–H groups in total. The van der Waals surface area contributed by atoms with Crippen molar-refractivity contribution in [3.8, 4) is 0 Å². The number of anilines is 3. The van der Waals surface area contributed by atoms with Crippen LogP contribution in [0.15, 0.2) is 53.3 Å². The van der Waals surface area contributed by atoms with Crippen molar-refractivity contribution in [2.75, 3.05) is 10.6 Å². The molecule has 1 amide bonds. The van der Waals surface area contributed by atoms with Crippen LogP contribution in [0.3, 0.4) is 0 Å². The van der Waals surface area contributed by atoms with Crippen LogP contribution in [0.5, 0.6) is 0 Å². The average Bonchev–Trinajstić information content (AvgIpc) is 2.61. The minimum Gasteiger partial charge on any atom is -0.326 e. The Morgan fingerprint density at radius 3 is 2.64 bits per heavy atom. The van der Waals surface area contributed by atoms with E-state index in [9.17, 15) is 14.0 Å². The molecule has 28 heavy (non-hydrogen) atoms. The maximum absolute atomic E-state index is 13.5. The van der Waals surface area contributed by atoms with Crippen molar-refractivity contribution in [3.63, 3.8) is 0 Å². The van der Waals surface area contributed by atoms with Crippen LogP contribution in [-0.4, -0.2) is 15.5 Å². The Morgan fingerprint density at radius 1 is 1.14 bits per heavy atom. The molecule has 0 bridgehead atoms. The van der Waals surface area contributed by atoms with E-state index < -0.39 is 5.91 Å². The number of aromatic nitrogens is 2. The summed E-state index contributed by atoms with van der Waals surface area (Å²) in [7, 11) is 0. The van der Waals surface area contributed by atoms with Gasteiger partial charge < -0.3 is 10.6 Å². The molecule has 0 aliphatic carbocycles. The highest BCUT2D eigenvalue weighted by Crippen LogP contribution is 2.18. The molecule has 0 saturated carbocycles. The lowest BCUT2D eigenvalue weighted by Gasteiger charge is -2.15.